The van der Waals surface area contributed by atoms with Crippen LogP contribution in [0.2, 0.25) is 0 Å². The number of hydrogen-bond donors (Lipinski definition) is 1. The predicted octanol–water partition coefficient (Wildman–Crippen LogP) is -0.274. The van der Waals surface area contributed by atoms with Crippen LogP contribution in [0.1, 0.15) is 27.2 Å². The van der Waals surface area contributed by atoms with Crippen LogP contribution in [0, 0.1) is 5.41 Å². The maximum Gasteiger partial charge on any atom is 0.237 e. The second kappa shape index (κ2) is 7.61. The molecule has 0 spiro atoms. The molecule has 0 aromatic heterocycles. The van der Waals surface area contributed by atoms with E-state index in [1.165, 1.54) is 4.90 Å². The van der Waals surface area contributed by atoms with Crippen molar-refractivity contribution < 1.29 is 18.0 Å². The summed E-state index contributed by atoms with van der Waals surface area (Å²) in [7, 11) is 0.736. The normalized spacial score (nSPS) is 20.5. The lowest BCUT2D eigenvalue weighted by atomic mass is 9.89. The number of likely N-dealkylation sites (N-methyl/N-ethyl adjacent to an activating group) is 1. The summed E-state index contributed by atoms with van der Waals surface area (Å²) in [6.07, 6.45) is 0.445. The number of amides is 2. The molecule has 1 N–H and O–H groups in total. The van der Waals surface area contributed by atoms with Crippen LogP contribution in [0.15, 0.2) is 0 Å². The molecule has 0 aliphatic carbocycles. The first-order chi connectivity index (χ1) is 10.5. The average Bonchev–Trinajstić information content (AvgIpc) is 2.79. The van der Waals surface area contributed by atoms with Crippen molar-refractivity contribution in [1.29, 1.82) is 0 Å². The highest BCUT2D eigenvalue weighted by Crippen LogP contribution is 2.25. The molecule has 1 unspecified atom stereocenters. The summed E-state index contributed by atoms with van der Waals surface area (Å²) in [6, 6.07) is -0.327. The molecule has 8 heteroatoms. The fourth-order valence-electron chi connectivity index (χ4n) is 2.66. The van der Waals surface area contributed by atoms with Gasteiger partial charge in [0.25, 0.3) is 0 Å². The SMILES string of the molecule is CCN(C(=O)C(C)(C)C(=O)NCCN(C)C)C1CCS(=O)(=O)C1. The summed E-state index contributed by atoms with van der Waals surface area (Å²) < 4.78 is 23.3. The fraction of sp³-hybridized carbons (Fsp3) is 0.867. The zero-order chi connectivity index (χ0) is 17.8. The van der Waals surface area contributed by atoms with Gasteiger partial charge in [0, 0.05) is 25.7 Å². The number of carbonyl (C=O) groups is 2. The van der Waals surface area contributed by atoms with E-state index in [1.807, 2.05) is 25.9 Å². The van der Waals surface area contributed by atoms with E-state index in [9.17, 15) is 18.0 Å². The third-order valence-electron chi connectivity index (χ3n) is 4.20. The summed E-state index contributed by atoms with van der Waals surface area (Å²) in [5.41, 5.74) is -1.21. The monoisotopic (exact) mass is 347 g/mol. The van der Waals surface area contributed by atoms with Crippen molar-refractivity contribution in [1.82, 2.24) is 15.1 Å². The molecule has 134 valence electrons. The van der Waals surface area contributed by atoms with Crippen molar-refractivity contribution >= 4 is 21.7 Å². The van der Waals surface area contributed by atoms with E-state index in [-0.39, 0.29) is 29.4 Å². The Morgan fingerprint density at radius 2 is 1.87 bits per heavy atom. The molecule has 1 heterocycles. The lowest BCUT2D eigenvalue weighted by Gasteiger charge is -2.34. The smallest absolute Gasteiger partial charge is 0.237 e. The minimum absolute atomic E-state index is 0.00902. The Hall–Kier alpha value is -1.15. The molecule has 1 saturated heterocycles. The molecule has 1 fully saturated rings. The molecule has 2 amide bonds. The lowest BCUT2D eigenvalue weighted by Crippen LogP contribution is -2.53. The summed E-state index contributed by atoms with van der Waals surface area (Å²) in [5.74, 6) is -0.546. The summed E-state index contributed by atoms with van der Waals surface area (Å²) in [5, 5.41) is 2.77. The van der Waals surface area contributed by atoms with Crippen molar-refractivity contribution in [2.75, 3.05) is 45.2 Å². The minimum atomic E-state index is -3.07. The van der Waals surface area contributed by atoms with Gasteiger partial charge >= 0.3 is 0 Å². The third-order valence-corrected chi connectivity index (χ3v) is 5.95. The average molecular weight is 347 g/mol. The van der Waals surface area contributed by atoms with Crippen LogP contribution in [0.25, 0.3) is 0 Å². The van der Waals surface area contributed by atoms with Gasteiger partial charge in [0.1, 0.15) is 5.41 Å². The van der Waals surface area contributed by atoms with Gasteiger partial charge in [-0.3, -0.25) is 9.59 Å². The van der Waals surface area contributed by atoms with Crippen molar-refractivity contribution in [3.63, 3.8) is 0 Å². The molecule has 1 aliphatic rings. The largest absolute Gasteiger partial charge is 0.354 e. The number of sulfone groups is 1. The molecule has 0 aromatic carbocycles. The van der Waals surface area contributed by atoms with Crippen molar-refractivity contribution in [2.45, 2.75) is 33.2 Å². The molecule has 1 aliphatic heterocycles. The Labute approximate surface area is 139 Å². The Morgan fingerprint density at radius 3 is 2.30 bits per heavy atom. The van der Waals surface area contributed by atoms with Gasteiger partial charge < -0.3 is 15.1 Å². The second-order valence-electron chi connectivity index (χ2n) is 6.83. The lowest BCUT2D eigenvalue weighted by molar-refractivity contribution is -0.149. The number of carbonyl (C=O) groups excluding carboxylic acids is 2. The van der Waals surface area contributed by atoms with Gasteiger partial charge in [0.15, 0.2) is 9.84 Å². The molecule has 1 atom stereocenters. The Bertz CT molecular complexity index is 543. The summed E-state index contributed by atoms with van der Waals surface area (Å²) >= 11 is 0. The molecular formula is C15H29N3O4S. The quantitative estimate of drug-likeness (QED) is 0.641. The van der Waals surface area contributed by atoms with Crippen molar-refractivity contribution in [3.8, 4) is 0 Å². The van der Waals surface area contributed by atoms with Crippen molar-refractivity contribution in [2.24, 2.45) is 5.41 Å². The molecule has 0 saturated carbocycles. The van der Waals surface area contributed by atoms with Gasteiger partial charge in [-0.15, -0.1) is 0 Å². The molecular weight excluding hydrogens is 318 g/mol. The third kappa shape index (κ3) is 5.17. The van der Waals surface area contributed by atoms with Crippen LogP contribution in [0.5, 0.6) is 0 Å². The van der Waals surface area contributed by atoms with Crippen LogP contribution in [0.4, 0.5) is 0 Å². The molecule has 0 bridgehead atoms. The Kier molecular flexibility index (Phi) is 6.59. The topological polar surface area (TPSA) is 86.8 Å². The Balaban J connectivity index is 2.76. The molecule has 23 heavy (non-hydrogen) atoms. The van der Waals surface area contributed by atoms with E-state index in [0.29, 0.717) is 26.1 Å². The van der Waals surface area contributed by atoms with Crippen LogP contribution in [0.3, 0.4) is 0 Å². The first-order valence-corrected chi connectivity index (χ1v) is 9.78. The molecule has 1 rings (SSSR count). The van der Waals surface area contributed by atoms with Gasteiger partial charge in [0.2, 0.25) is 11.8 Å². The number of nitrogens with one attached hydrogen (secondary N) is 1. The van der Waals surface area contributed by atoms with Crippen LogP contribution in [-0.4, -0.2) is 81.3 Å². The number of rotatable bonds is 7. The van der Waals surface area contributed by atoms with E-state index in [4.69, 9.17) is 0 Å². The first kappa shape index (κ1) is 19.9. The van der Waals surface area contributed by atoms with Crippen LogP contribution < -0.4 is 5.32 Å². The number of nitrogens with zero attached hydrogens (tertiary/aromatic N) is 2. The van der Waals surface area contributed by atoms with Gasteiger partial charge in [-0.25, -0.2) is 8.42 Å². The van der Waals surface area contributed by atoms with Gasteiger partial charge in [-0.05, 0) is 41.3 Å². The van der Waals surface area contributed by atoms with Gasteiger partial charge in [0.05, 0.1) is 11.5 Å². The molecule has 7 nitrogen and oxygen atoms in total. The molecule has 0 radical (unpaired) electrons. The predicted molar refractivity (Wildman–Crippen MR) is 89.8 cm³/mol. The maximum atomic E-state index is 12.8. The highest BCUT2D eigenvalue weighted by atomic mass is 32.2. The van der Waals surface area contributed by atoms with E-state index < -0.39 is 15.3 Å². The standard InChI is InChI=1S/C15H29N3O4S/c1-6-18(12-7-10-23(21,22)11-12)14(20)15(2,3)13(19)16-8-9-17(4)5/h12H,6-11H2,1-5H3,(H,16,19). The fourth-order valence-corrected chi connectivity index (χ4v) is 4.39. The maximum absolute atomic E-state index is 12.8. The highest BCUT2D eigenvalue weighted by Gasteiger charge is 2.43. The van der Waals surface area contributed by atoms with Crippen molar-refractivity contribution in [3.05, 3.63) is 0 Å². The van der Waals surface area contributed by atoms with E-state index in [2.05, 4.69) is 5.32 Å². The zero-order valence-corrected chi connectivity index (χ0v) is 15.6. The van der Waals surface area contributed by atoms with Gasteiger partial charge in [-0.1, -0.05) is 0 Å². The van der Waals surface area contributed by atoms with E-state index >= 15 is 0 Å². The number of hydrogen-bond acceptors (Lipinski definition) is 5. The minimum Gasteiger partial charge on any atom is -0.354 e. The van der Waals surface area contributed by atoms with Crippen LogP contribution in [-0.2, 0) is 19.4 Å². The van der Waals surface area contributed by atoms with E-state index in [1.54, 1.807) is 13.8 Å². The highest BCUT2D eigenvalue weighted by molar-refractivity contribution is 7.91. The Morgan fingerprint density at radius 1 is 1.26 bits per heavy atom. The molecule has 0 aromatic rings. The zero-order valence-electron chi connectivity index (χ0n) is 14.8. The second-order valence-corrected chi connectivity index (χ2v) is 9.06. The summed E-state index contributed by atoms with van der Waals surface area (Å²) in [4.78, 5) is 28.6. The first-order valence-electron chi connectivity index (χ1n) is 7.95. The van der Waals surface area contributed by atoms with Crippen LogP contribution >= 0.6 is 0 Å². The van der Waals surface area contributed by atoms with Gasteiger partial charge in [-0.2, -0.15) is 0 Å². The summed E-state index contributed by atoms with van der Waals surface area (Å²) in [6.45, 7) is 6.54. The van der Waals surface area contributed by atoms with E-state index in [0.717, 1.165) is 0 Å².